The van der Waals surface area contributed by atoms with Crippen molar-refractivity contribution in [1.82, 2.24) is 9.97 Å². The van der Waals surface area contributed by atoms with Gasteiger partial charge in [-0.2, -0.15) is 9.97 Å². The number of hydrogen-bond donors (Lipinski definition) is 2. The van der Waals surface area contributed by atoms with Crippen LogP contribution < -0.4 is 14.8 Å². The Morgan fingerprint density at radius 1 is 1.24 bits per heavy atom. The maximum absolute atomic E-state index is 11.2. The minimum absolute atomic E-state index is 0.0515. The van der Waals surface area contributed by atoms with Crippen LogP contribution in [0.3, 0.4) is 0 Å². The van der Waals surface area contributed by atoms with Crippen molar-refractivity contribution in [2.45, 2.75) is 44.1 Å². The lowest BCUT2D eigenvalue weighted by molar-refractivity contribution is -0.138. The Hall–Kier alpha value is -2.05. The Morgan fingerprint density at radius 3 is 2.29 bits per heavy atom. The fraction of sp³-hybridized carbons (Fsp3) is 0.643. The Balaban J connectivity index is 2.25. The van der Waals surface area contributed by atoms with Crippen LogP contribution in [-0.4, -0.2) is 40.8 Å². The van der Waals surface area contributed by atoms with Crippen LogP contribution in [0.2, 0.25) is 0 Å². The molecule has 2 rings (SSSR count). The largest absolute Gasteiger partial charge is 0.481 e. The lowest BCUT2D eigenvalue weighted by Crippen LogP contribution is -2.42. The first-order valence-corrected chi connectivity index (χ1v) is 7.04. The van der Waals surface area contributed by atoms with E-state index in [4.69, 9.17) is 9.47 Å². The number of hydrogen-bond acceptors (Lipinski definition) is 6. The summed E-state index contributed by atoms with van der Waals surface area (Å²) < 4.78 is 10.2. The van der Waals surface area contributed by atoms with Crippen LogP contribution in [-0.2, 0) is 4.79 Å². The second-order valence-corrected chi connectivity index (χ2v) is 5.31. The van der Waals surface area contributed by atoms with Gasteiger partial charge in [-0.1, -0.05) is 19.3 Å². The van der Waals surface area contributed by atoms with Crippen LogP contribution in [0.5, 0.6) is 11.8 Å². The van der Waals surface area contributed by atoms with E-state index in [9.17, 15) is 9.90 Å². The lowest BCUT2D eigenvalue weighted by Gasteiger charge is -2.37. The molecule has 0 bridgehead atoms. The highest BCUT2D eigenvalue weighted by atomic mass is 16.5. The number of carboxylic acids is 1. The molecule has 1 aromatic rings. The van der Waals surface area contributed by atoms with Crippen molar-refractivity contribution >= 4 is 11.9 Å². The molecule has 0 unspecified atom stereocenters. The fourth-order valence-electron chi connectivity index (χ4n) is 2.77. The number of carbonyl (C=O) groups is 1. The molecule has 1 heterocycles. The van der Waals surface area contributed by atoms with Gasteiger partial charge >= 0.3 is 5.97 Å². The summed E-state index contributed by atoms with van der Waals surface area (Å²) in [5.41, 5.74) is -0.499. The Labute approximate surface area is 123 Å². The molecule has 2 N–H and O–H groups in total. The van der Waals surface area contributed by atoms with Crippen molar-refractivity contribution in [2.75, 3.05) is 19.5 Å². The zero-order chi connectivity index (χ0) is 15.3. The zero-order valence-corrected chi connectivity index (χ0v) is 12.4. The molecule has 0 spiro atoms. The number of rotatable bonds is 6. The van der Waals surface area contributed by atoms with Gasteiger partial charge < -0.3 is 19.9 Å². The highest BCUT2D eigenvalue weighted by Gasteiger charge is 2.35. The first-order chi connectivity index (χ1) is 10.1. The van der Waals surface area contributed by atoms with Crippen molar-refractivity contribution in [1.29, 1.82) is 0 Å². The average molecular weight is 295 g/mol. The molecule has 21 heavy (non-hydrogen) atoms. The smallest absolute Gasteiger partial charge is 0.305 e. The maximum Gasteiger partial charge on any atom is 0.305 e. The third kappa shape index (κ3) is 3.96. The number of nitrogens with one attached hydrogen (secondary N) is 1. The van der Waals surface area contributed by atoms with Gasteiger partial charge in [-0.15, -0.1) is 0 Å². The number of anilines is 1. The molecule has 0 aromatic carbocycles. The van der Waals surface area contributed by atoms with E-state index >= 15 is 0 Å². The SMILES string of the molecule is COc1cc(OC)nc(NC2(CC(=O)O)CCCCC2)n1. The van der Waals surface area contributed by atoms with Crippen molar-refractivity contribution in [3.05, 3.63) is 6.07 Å². The molecule has 1 aliphatic carbocycles. The third-order valence-corrected chi connectivity index (χ3v) is 3.77. The summed E-state index contributed by atoms with van der Waals surface area (Å²) in [5.74, 6) is 0.282. The number of aromatic nitrogens is 2. The normalized spacial score (nSPS) is 17.0. The minimum atomic E-state index is -0.820. The summed E-state index contributed by atoms with van der Waals surface area (Å²) in [4.78, 5) is 19.6. The van der Waals surface area contributed by atoms with E-state index in [0.717, 1.165) is 32.1 Å². The fourth-order valence-corrected chi connectivity index (χ4v) is 2.77. The zero-order valence-electron chi connectivity index (χ0n) is 12.4. The molecule has 7 nitrogen and oxygen atoms in total. The number of aliphatic carboxylic acids is 1. The molecule has 1 aromatic heterocycles. The van der Waals surface area contributed by atoms with Gasteiger partial charge in [-0.3, -0.25) is 4.79 Å². The number of nitrogens with zero attached hydrogens (tertiary/aromatic N) is 2. The van der Waals surface area contributed by atoms with Gasteiger partial charge in [0.1, 0.15) is 0 Å². The van der Waals surface area contributed by atoms with E-state index in [1.165, 1.54) is 14.2 Å². The van der Waals surface area contributed by atoms with Crippen LogP contribution >= 0.6 is 0 Å². The van der Waals surface area contributed by atoms with Crippen molar-refractivity contribution in [2.24, 2.45) is 0 Å². The number of methoxy groups -OCH3 is 2. The van der Waals surface area contributed by atoms with Crippen molar-refractivity contribution in [3.8, 4) is 11.8 Å². The van der Waals surface area contributed by atoms with E-state index in [0.29, 0.717) is 17.7 Å². The molecule has 0 amide bonds. The van der Waals surface area contributed by atoms with Gasteiger partial charge in [0.15, 0.2) is 0 Å². The Kier molecular flexibility index (Phi) is 4.82. The van der Waals surface area contributed by atoms with Crippen molar-refractivity contribution in [3.63, 3.8) is 0 Å². The summed E-state index contributed by atoms with van der Waals surface area (Å²) in [6, 6.07) is 1.58. The summed E-state index contributed by atoms with van der Waals surface area (Å²) in [7, 11) is 3.03. The van der Waals surface area contributed by atoms with Crippen LogP contribution in [0, 0.1) is 0 Å². The molecular formula is C14H21N3O4. The first-order valence-electron chi connectivity index (χ1n) is 7.04. The molecular weight excluding hydrogens is 274 g/mol. The lowest BCUT2D eigenvalue weighted by atomic mass is 9.79. The van der Waals surface area contributed by atoms with E-state index < -0.39 is 11.5 Å². The van der Waals surface area contributed by atoms with Crippen molar-refractivity contribution < 1.29 is 19.4 Å². The van der Waals surface area contributed by atoms with Crippen LogP contribution in [0.4, 0.5) is 5.95 Å². The summed E-state index contributed by atoms with van der Waals surface area (Å²) in [6.07, 6.45) is 4.77. The second kappa shape index (κ2) is 6.60. The number of carboxylic acid groups (broad SMARTS) is 1. The maximum atomic E-state index is 11.2. The van der Waals surface area contributed by atoms with Crippen LogP contribution in [0.15, 0.2) is 6.07 Å². The van der Waals surface area contributed by atoms with Gasteiger partial charge in [0.2, 0.25) is 17.7 Å². The Bertz CT molecular complexity index is 479. The van der Waals surface area contributed by atoms with Gasteiger partial charge in [0.05, 0.1) is 32.2 Å². The first kappa shape index (κ1) is 15.3. The molecule has 0 radical (unpaired) electrons. The van der Waals surface area contributed by atoms with Gasteiger partial charge in [0.25, 0.3) is 0 Å². The van der Waals surface area contributed by atoms with Crippen LogP contribution in [0.25, 0.3) is 0 Å². The molecule has 116 valence electrons. The standard InChI is InChI=1S/C14H21N3O4/c1-20-10-8-11(21-2)16-13(15-10)17-14(9-12(18)19)6-4-3-5-7-14/h8H,3-7,9H2,1-2H3,(H,18,19)(H,15,16,17). The molecule has 7 heteroatoms. The van der Waals surface area contributed by atoms with Gasteiger partial charge in [0, 0.05) is 0 Å². The number of ether oxygens (including phenoxy) is 2. The monoisotopic (exact) mass is 295 g/mol. The molecule has 1 fully saturated rings. The second-order valence-electron chi connectivity index (χ2n) is 5.31. The third-order valence-electron chi connectivity index (χ3n) is 3.77. The van der Waals surface area contributed by atoms with E-state index in [2.05, 4.69) is 15.3 Å². The molecule has 1 aliphatic rings. The summed E-state index contributed by atoms with van der Waals surface area (Å²) in [6.45, 7) is 0. The molecule has 0 saturated heterocycles. The van der Waals surface area contributed by atoms with Gasteiger partial charge in [-0.05, 0) is 12.8 Å². The Morgan fingerprint density at radius 2 is 1.81 bits per heavy atom. The predicted octanol–water partition coefficient (Wildman–Crippen LogP) is 2.08. The topological polar surface area (TPSA) is 93.6 Å². The molecule has 1 saturated carbocycles. The van der Waals surface area contributed by atoms with Crippen LogP contribution in [0.1, 0.15) is 38.5 Å². The average Bonchev–Trinajstić information content (AvgIpc) is 2.46. The van der Waals surface area contributed by atoms with E-state index in [1.54, 1.807) is 6.07 Å². The quantitative estimate of drug-likeness (QED) is 0.829. The highest BCUT2D eigenvalue weighted by molar-refractivity contribution is 5.69. The molecule has 0 atom stereocenters. The van der Waals surface area contributed by atoms with Gasteiger partial charge in [-0.25, -0.2) is 0 Å². The van der Waals surface area contributed by atoms with E-state index in [1.807, 2.05) is 0 Å². The predicted molar refractivity (Wildman–Crippen MR) is 76.8 cm³/mol. The van der Waals surface area contributed by atoms with E-state index in [-0.39, 0.29) is 6.42 Å². The summed E-state index contributed by atoms with van der Waals surface area (Å²) in [5, 5.41) is 12.4. The minimum Gasteiger partial charge on any atom is -0.481 e. The summed E-state index contributed by atoms with van der Waals surface area (Å²) >= 11 is 0. The molecule has 0 aliphatic heterocycles. The highest BCUT2D eigenvalue weighted by Crippen LogP contribution is 2.34.